The molecule has 0 aliphatic carbocycles. The van der Waals surface area contributed by atoms with Gasteiger partial charge in [0.15, 0.2) is 0 Å². The maximum Gasteiger partial charge on any atom is 0.316 e. The third-order valence-electron chi connectivity index (χ3n) is 2.97. The van der Waals surface area contributed by atoms with E-state index in [-0.39, 0.29) is 18.6 Å². The fraction of sp³-hybridized carbons (Fsp3) is 0.188. The second kappa shape index (κ2) is 5.92. The number of terminal acetylenes is 1. The number of carbonyl (C=O) groups is 1. The quantitative estimate of drug-likeness (QED) is 0.810. The lowest BCUT2D eigenvalue weighted by atomic mass is 10.0. The molecule has 3 heteroatoms. The molecule has 0 heterocycles. The van der Waals surface area contributed by atoms with Gasteiger partial charge in [0.1, 0.15) is 0 Å². The molecule has 1 atom stereocenters. The van der Waals surface area contributed by atoms with E-state index in [0.717, 1.165) is 10.9 Å². The molecule has 0 radical (unpaired) electrons. The topological polar surface area (TPSA) is 41.1 Å². The van der Waals surface area contributed by atoms with E-state index in [1.54, 1.807) is 0 Å². The first-order valence-corrected chi connectivity index (χ1v) is 6.17. The highest BCUT2D eigenvalue weighted by molar-refractivity contribution is 5.83. The molecule has 2 aromatic carbocycles. The van der Waals surface area contributed by atoms with E-state index < -0.39 is 0 Å². The van der Waals surface area contributed by atoms with Crippen molar-refractivity contribution in [2.75, 3.05) is 6.54 Å². The number of rotatable bonds is 3. The summed E-state index contributed by atoms with van der Waals surface area (Å²) in [5, 5.41) is 7.79. The van der Waals surface area contributed by atoms with Crippen LogP contribution in [0.4, 0.5) is 4.79 Å². The van der Waals surface area contributed by atoms with Gasteiger partial charge in [-0.05, 0) is 29.3 Å². The highest BCUT2D eigenvalue weighted by atomic mass is 16.2. The lowest BCUT2D eigenvalue weighted by Gasteiger charge is -2.15. The SMILES string of the molecule is C#CCNC(=O)N[C@@H](C)c1ccc2ccccc2c1. The highest BCUT2D eigenvalue weighted by Crippen LogP contribution is 2.20. The van der Waals surface area contributed by atoms with Gasteiger partial charge in [-0.15, -0.1) is 6.42 Å². The Hall–Kier alpha value is -2.47. The van der Waals surface area contributed by atoms with Crippen LogP contribution in [0.5, 0.6) is 0 Å². The van der Waals surface area contributed by atoms with Crippen molar-refractivity contribution in [3.8, 4) is 12.3 Å². The predicted molar refractivity (Wildman–Crippen MR) is 77.7 cm³/mol. The molecule has 0 fully saturated rings. The van der Waals surface area contributed by atoms with E-state index in [1.165, 1.54) is 5.39 Å². The zero-order chi connectivity index (χ0) is 13.7. The number of benzene rings is 2. The molecule has 96 valence electrons. The number of nitrogens with one attached hydrogen (secondary N) is 2. The van der Waals surface area contributed by atoms with E-state index in [1.807, 2.05) is 25.1 Å². The van der Waals surface area contributed by atoms with Gasteiger partial charge in [0, 0.05) is 0 Å². The van der Waals surface area contributed by atoms with Crippen LogP contribution in [0.25, 0.3) is 10.8 Å². The molecule has 0 aromatic heterocycles. The van der Waals surface area contributed by atoms with Gasteiger partial charge in [-0.1, -0.05) is 42.3 Å². The summed E-state index contributed by atoms with van der Waals surface area (Å²) in [6.07, 6.45) is 5.09. The van der Waals surface area contributed by atoms with Crippen LogP contribution in [0.1, 0.15) is 18.5 Å². The van der Waals surface area contributed by atoms with Crippen molar-refractivity contribution in [3.63, 3.8) is 0 Å². The van der Waals surface area contributed by atoms with Crippen LogP contribution in [0, 0.1) is 12.3 Å². The van der Waals surface area contributed by atoms with Crippen molar-refractivity contribution in [3.05, 3.63) is 48.0 Å². The lowest BCUT2D eigenvalue weighted by Crippen LogP contribution is -2.37. The molecule has 0 aliphatic rings. The molecule has 0 aliphatic heterocycles. The maximum absolute atomic E-state index is 11.5. The molecule has 2 rings (SSSR count). The Balaban J connectivity index is 2.11. The normalized spacial score (nSPS) is 11.6. The summed E-state index contributed by atoms with van der Waals surface area (Å²) >= 11 is 0. The van der Waals surface area contributed by atoms with Crippen LogP contribution >= 0.6 is 0 Å². The molecule has 2 aromatic rings. The molecule has 0 bridgehead atoms. The van der Waals surface area contributed by atoms with Crippen LogP contribution in [-0.2, 0) is 0 Å². The van der Waals surface area contributed by atoms with E-state index in [2.05, 4.69) is 40.8 Å². The largest absolute Gasteiger partial charge is 0.332 e. The second-order valence-corrected chi connectivity index (χ2v) is 4.36. The Morgan fingerprint density at radius 3 is 2.74 bits per heavy atom. The van der Waals surface area contributed by atoms with Crippen LogP contribution in [0.3, 0.4) is 0 Å². The Bertz CT molecular complexity index is 628. The molecule has 2 amide bonds. The molecule has 3 nitrogen and oxygen atoms in total. The summed E-state index contributed by atoms with van der Waals surface area (Å²) in [6.45, 7) is 2.18. The second-order valence-electron chi connectivity index (χ2n) is 4.36. The Morgan fingerprint density at radius 1 is 1.26 bits per heavy atom. The average Bonchev–Trinajstić information content (AvgIpc) is 2.44. The first-order valence-electron chi connectivity index (χ1n) is 6.17. The van der Waals surface area contributed by atoms with Gasteiger partial charge in [-0.25, -0.2) is 4.79 Å². The van der Waals surface area contributed by atoms with Gasteiger partial charge >= 0.3 is 6.03 Å². The monoisotopic (exact) mass is 252 g/mol. The van der Waals surface area contributed by atoms with Crippen molar-refractivity contribution < 1.29 is 4.79 Å². The Morgan fingerprint density at radius 2 is 2.00 bits per heavy atom. The minimum Gasteiger partial charge on any atom is -0.332 e. The fourth-order valence-electron chi connectivity index (χ4n) is 1.94. The molecular weight excluding hydrogens is 236 g/mol. The van der Waals surface area contributed by atoms with Gasteiger partial charge in [0.25, 0.3) is 0 Å². The average molecular weight is 252 g/mol. The summed E-state index contributed by atoms with van der Waals surface area (Å²) in [5.41, 5.74) is 1.06. The molecule has 0 saturated heterocycles. The number of fused-ring (bicyclic) bond motifs is 1. The number of urea groups is 1. The summed E-state index contributed by atoms with van der Waals surface area (Å²) in [5.74, 6) is 2.36. The minimum absolute atomic E-state index is 0.0672. The summed E-state index contributed by atoms with van der Waals surface area (Å²) < 4.78 is 0. The number of amides is 2. The molecule has 0 saturated carbocycles. The van der Waals surface area contributed by atoms with Gasteiger partial charge in [-0.2, -0.15) is 0 Å². The summed E-state index contributed by atoms with van der Waals surface area (Å²) in [4.78, 5) is 11.5. The zero-order valence-electron chi connectivity index (χ0n) is 10.8. The predicted octanol–water partition coefficient (Wildman–Crippen LogP) is 2.83. The standard InChI is InChI=1S/C16H16N2O/c1-3-10-17-16(19)18-12(2)14-9-8-13-6-4-5-7-15(13)11-14/h1,4-9,11-12H,10H2,2H3,(H2,17,18,19)/t12-/m0/s1. The number of hydrogen-bond donors (Lipinski definition) is 2. The molecule has 2 N–H and O–H groups in total. The summed E-state index contributed by atoms with van der Waals surface area (Å²) in [7, 11) is 0. The van der Waals surface area contributed by atoms with Crippen molar-refractivity contribution in [1.82, 2.24) is 10.6 Å². The van der Waals surface area contributed by atoms with Crippen LogP contribution in [0.15, 0.2) is 42.5 Å². The van der Waals surface area contributed by atoms with Crippen molar-refractivity contribution in [2.24, 2.45) is 0 Å². The lowest BCUT2D eigenvalue weighted by molar-refractivity contribution is 0.239. The van der Waals surface area contributed by atoms with Gasteiger partial charge in [-0.3, -0.25) is 0 Å². The van der Waals surface area contributed by atoms with Gasteiger partial charge < -0.3 is 10.6 Å². The van der Waals surface area contributed by atoms with Crippen molar-refractivity contribution >= 4 is 16.8 Å². The first-order chi connectivity index (χ1) is 9.20. The third-order valence-corrected chi connectivity index (χ3v) is 2.97. The third kappa shape index (κ3) is 3.26. The van der Waals surface area contributed by atoms with Crippen molar-refractivity contribution in [1.29, 1.82) is 0 Å². The maximum atomic E-state index is 11.5. The van der Waals surface area contributed by atoms with Gasteiger partial charge in [0.05, 0.1) is 12.6 Å². The fourth-order valence-corrected chi connectivity index (χ4v) is 1.94. The first kappa shape index (κ1) is 13.0. The van der Waals surface area contributed by atoms with Crippen LogP contribution in [0.2, 0.25) is 0 Å². The molecule has 0 spiro atoms. The van der Waals surface area contributed by atoms with Crippen LogP contribution < -0.4 is 10.6 Å². The highest BCUT2D eigenvalue weighted by Gasteiger charge is 2.08. The Kier molecular flexibility index (Phi) is 4.04. The smallest absolute Gasteiger partial charge is 0.316 e. The van der Waals surface area contributed by atoms with Crippen LogP contribution in [-0.4, -0.2) is 12.6 Å². The van der Waals surface area contributed by atoms with Gasteiger partial charge in [0.2, 0.25) is 0 Å². The summed E-state index contributed by atoms with van der Waals surface area (Å²) in [6, 6.07) is 14.0. The molecular formula is C16H16N2O. The van der Waals surface area contributed by atoms with E-state index in [0.29, 0.717) is 0 Å². The number of carbonyl (C=O) groups excluding carboxylic acids is 1. The molecule has 0 unspecified atom stereocenters. The van der Waals surface area contributed by atoms with E-state index in [4.69, 9.17) is 6.42 Å². The zero-order valence-corrected chi connectivity index (χ0v) is 10.8. The van der Waals surface area contributed by atoms with E-state index in [9.17, 15) is 4.79 Å². The van der Waals surface area contributed by atoms with Crippen molar-refractivity contribution in [2.45, 2.75) is 13.0 Å². The Labute approximate surface area is 113 Å². The molecule has 19 heavy (non-hydrogen) atoms. The van der Waals surface area contributed by atoms with E-state index >= 15 is 0 Å². The number of hydrogen-bond acceptors (Lipinski definition) is 1. The minimum atomic E-state index is -0.251.